The fourth-order valence-corrected chi connectivity index (χ4v) is 2.71. The molecule has 3 heterocycles. The largest absolute Gasteiger partial charge is 0.465 e. The van der Waals surface area contributed by atoms with Gasteiger partial charge in [0.05, 0.1) is 12.6 Å². The van der Waals surface area contributed by atoms with Crippen LogP contribution in [0.4, 0.5) is 0 Å². The molecule has 2 aromatic rings. The molecule has 0 saturated carbocycles. The van der Waals surface area contributed by atoms with E-state index in [-0.39, 0.29) is 12.1 Å². The summed E-state index contributed by atoms with van der Waals surface area (Å²) in [4.78, 5) is 2.31. The van der Waals surface area contributed by atoms with Crippen molar-refractivity contribution in [2.75, 3.05) is 6.54 Å². The molecule has 0 fully saturated rings. The van der Waals surface area contributed by atoms with E-state index in [1.54, 1.807) is 6.33 Å². The molecule has 102 valence electrons. The molecule has 3 rings (SSSR count). The molecule has 0 radical (unpaired) electrons. The molecule has 0 spiro atoms. The van der Waals surface area contributed by atoms with Crippen molar-refractivity contribution in [2.45, 2.75) is 39.0 Å². The highest BCUT2D eigenvalue weighted by atomic mass is 16.3. The van der Waals surface area contributed by atoms with Crippen LogP contribution in [0.3, 0.4) is 0 Å². The van der Waals surface area contributed by atoms with E-state index in [1.807, 2.05) is 26.0 Å². The van der Waals surface area contributed by atoms with Gasteiger partial charge in [-0.2, -0.15) is 0 Å². The van der Waals surface area contributed by atoms with Crippen LogP contribution in [0, 0.1) is 6.92 Å². The van der Waals surface area contributed by atoms with Crippen LogP contribution in [0.2, 0.25) is 0 Å². The maximum absolute atomic E-state index is 6.16. The van der Waals surface area contributed by atoms with Gasteiger partial charge in [0, 0.05) is 19.1 Å². The van der Waals surface area contributed by atoms with Gasteiger partial charge in [0.1, 0.15) is 23.7 Å². The van der Waals surface area contributed by atoms with E-state index in [2.05, 4.69) is 19.7 Å². The minimum atomic E-state index is 0.0000198. The lowest BCUT2D eigenvalue weighted by Crippen LogP contribution is -2.43. The molecule has 1 aliphatic rings. The van der Waals surface area contributed by atoms with Gasteiger partial charge in [-0.15, -0.1) is 10.2 Å². The summed E-state index contributed by atoms with van der Waals surface area (Å²) in [7, 11) is 0. The number of nitrogens with two attached hydrogens (primary N) is 1. The zero-order valence-electron chi connectivity index (χ0n) is 11.3. The minimum Gasteiger partial charge on any atom is -0.465 e. The summed E-state index contributed by atoms with van der Waals surface area (Å²) in [5.41, 5.74) is 6.16. The highest BCUT2D eigenvalue weighted by molar-refractivity contribution is 5.12. The van der Waals surface area contributed by atoms with E-state index in [9.17, 15) is 0 Å². The van der Waals surface area contributed by atoms with E-state index in [0.717, 1.165) is 37.0 Å². The fourth-order valence-electron chi connectivity index (χ4n) is 2.71. The lowest BCUT2D eigenvalue weighted by molar-refractivity contribution is 0.118. The maximum Gasteiger partial charge on any atom is 0.147 e. The van der Waals surface area contributed by atoms with Gasteiger partial charge in [-0.1, -0.05) is 0 Å². The Balaban J connectivity index is 1.86. The molecule has 2 N–H and O–H groups in total. The number of hydrogen-bond acceptors (Lipinski definition) is 5. The quantitative estimate of drug-likeness (QED) is 0.895. The first-order valence-corrected chi connectivity index (χ1v) is 6.58. The molecule has 0 saturated heterocycles. The zero-order chi connectivity index (χ0) is 13.4. The van der Waals surface area contributed by atoms with Crippen molar-refractivity contribution in [1.82, 2.24) is 19.7 Å². The SMILES string of the molecule is Cc1ccc(C(C(C)N)N2CCn3cnnc3C2)o1. The van der Waals surface area contributed by atoms with E-state index < -0.39 is 0 Å². The van der Waals surface area contributed by atoms with Crippen LogP contribution in [-0.2, 0) is 13.1 Å². The second-order valence-electron chi connectivity index (χ2n) is 5.16. The maximum atomic E-state index is 6.16. The molecule has 2 atom stereocenters. The van der Waals surface area contributed by atoms with Crippen LogP contribution >= 0.6 is 0 Å². The van der Waals surface area contributed by atoms with Gasteiger partial charge >= 0.3 is 0 Å². The first-order valence-electron chi connectivity index (χ1n) is 6.58. The van der Waals surface area contributed by atoms with Crippen molar-refractivity contribution in [3.63, 3.8) is 0 Å². The molecular weight excluding hydrogens is 242 g/mol. The standard InChI is InChI=1S/C13H19N5O/c1-9-3-4-11(19-9)13(10(2)14)17-5-6-18-8-15-16-12(18)7-17/h3-4,8,10,13H,5-7,14H2,1-2H3. The smallest absolute Gasteiger partial charge is 0.147 e. The Bertz CT molecular complexity index is 559. The average Bonchev–Trinajstić information content (AvgIpc) is 2.97. The van der Waals surface area contributed by atoms with Crippen molar-refractivity contribution in [2.24, 2.45) is 5.73 Å². The van der Waals surface area contributed by atoms with Gasteiger partial charge < -0.3 is 14.7 Å². The lowest BCUT2D eigenvalue weighted by atomic mass is 10.1. The first-order chi connectivity index (χ1) is 9.15. The molecule has 0 bridgehead atoms. The second kappa shape index (κ2) is 4.79. The number of aryl methyl sites for hydroxylation is 1. The van der Waals surface area contributed by atoms with E-state index in [1.165, 1.54) is 0 Å². The highest BCUT2D eigenvalue weighted by Crippen LogP contribution is 2.28. The number of nitrogens with zero attached hydrogens (tertiary/aromatic N) is 4. The van der Waals surface area contributed by atoms with Crippen molar-refractivity contribution in [1.29, 1.82) is 0 Å². The van der Waals surface area contributed by atoms with Crippen LogP contribution in [0.25, 0.3) is 0 Å². The average molecular weight is 261 g/mol. The van der Waals surface area contributed by atoms with Gasteiger partial charge in [-0.05, 0) is 26.0 Å². The van der Waals surface area contributed by atoms with Gasteiger partial charge in [0.25, 0.3) is 0 Å². The minimum absolute atomic E-state index is 0.0000198. The molecule has 0 aliphatic carbocycles. The highest BCUT2D eigenvalue weighted by Gasteiger charge is 2.30. The van der Waals surface area contributed by atoms with Crippen LogP contribution in [0.15, 0.2) is 22.9 Å². The summed E-state index contributed by atoms with van der Waals surface area (Å²) >= 11 is 0. The Hall–Kier alpha value is -1.66. The molecule has 1 aliphatic heterocycles. The van der Waals surface area contributed by atoms with Gasteiger partial charge in [-0.3, -0.25) is 4.90 Å². The molecule has 2 unspecified atom stereocenters. The van der Waals surface area contributed by atoms with E-state index >= 15 is 0 Å². The molecule has 0 amide bonds. The van der Waals surface area contributed by atoms with Crippen molar-refractivity contribution in [3.8, 4) is 0 Å². The Morgan fingerprint density at radius 2 is 2.21 bits per heavy atom. The Morgan fingerprint density at radius 1 is 1.37 bits per heavy atom. The summed E-state index contributed by atoms with van der Waals surface area (Å²) in [6.07, 6.45) is 1.78. The Kier molecular flexibility index (Phi) is 3.12. The van der Waals surface area contributed by atoms with Crippen molar-refractivity contribution in [3.05, 3.63) is 35.8 Å². The Labute approximate surface area is 112 Å². The number of rotatable bonds is 3. The number of furan rings is 1. The van der Waals surface area contributed by atoms with Gasteiger partial charge in [-0.25, -0.2) is 0 Å². The molecule has 0 aromatic carbocycles. The third-order valence-corrected chi connectivity index (χ3v) is 3.61. The predicted octanol–water partition coefficient (Wildman–Crippen LogP) is 1.08. The molecule has 2 aromatic heterocycles. The third-order valence-electron chi connectivity index (χ3n) is 3.61. The lowest BCUT2D eigenvalue weighted by Gasteiger charge is -2.35. The summed E-state index contributed by atoms with van der Waals surface area (Å²) in [5, 5.41) is 8.10. The van der Waals surface area contributed by atoms with Crippen molar-refractivity contribution >= 4 is 0 Å². The van der Waals surface area contributed by atoms with Crippen LogP contribution < -0.4 is 5.73 Å². The van der Waals surface area contributed by atoms with Crippen LogP contribution in [0.1, 0.15) is 30.3 Å². The third kappa shape index (κ3) is 2.29. The predicted molar refractivity (Wildman–Crippen MR) is 70.3 cm³/mol. The number of fused-ring (bicyclic) bond motifs is 1. The normalized spacial score (nSPS) is 19.1. The number of hydrogen-bond donors (Lipinski definition) is 1. The molecular formula is C13H19N5O. The van der Waals surface area contributed by atoms with Gasteiger partial charge in [0.2, 0.25) is 0 Å². The second-order valence-corrected chi connectivity index (χ2v) is 5.16. The fraction of sp³-hybridized carbons (Fsp3) is 0.538. The first kappa shape index (κ1) is 12.4. The topological polar surface area (TPSA) is 73.1 Å². The van der Waals surface area contributed by atoms with Crippen LogP contribution in [-0.4, -0.2) is 32.3 Å². The summed E-state index contributed by atoms with van der Waals surface area (Å²) in [6, 6.07) is 4.08. The summed E-state index contributed by atoms with van der Waals surface area (Å²) in [5.74, 6) is 2.83. The zero-order valence-corrected chi connectivity index (χ0v) is 11.3. The van der Waals surface area contributed by atoms with E-state index in [0.29, 0.717) is 0 Å². The molecule has 6 heteroatoms. The van der Waals surface area contributed by atoms with Crippen LogP contribution in [0.5, 0.6) is 0 Å². The number of aromatic nitrogens is 3. The van der Waals surface area contributed by atoms with Gasteiger partial charge in [0.15, 0.2) is 0 Å². The molecule has 6 nitrogen and oxygen atoms in total. The van der Waals surface area contributed by atoms with E-state index in [4.69, 9.17) is 10.2 Å². The monoisotopic (exact) mass is 261 g/mol. The molecule has 19 heavy (non-hydrogen) atoms. The summed E-state index contributed by atoms with van der Waals surface area (Å²) in [6.45, 7) is 6.55. The van der Waals surface area contributed by atoms with Crippen molar-refractivity contribution < 1.29 is 4.42 Å². The summed E-state index contributed by atoms with van der Waals surface area (Å²) < 4.78 is 7.85. The Morgan fingerprint density at radius 3 is 2.89 bits per heavy atom.